The van der Waals surface area contributed by atoms with Gasteiger partial charge in [-0.15, -0.1) is 0 Å². The molecule has 0 fully saturated rings. The summed E-state index contributed by atoms with van der Waals surface area (Å²) in [5.74, 6) is -0.408. The van der Waals surface area contributed by atoms with Crippen LogP contribution in [-0.4, -0.2) is 11.5 Å². The Morgan fingerprint density at radius 2 is 1.90 bits per heavy atom. The molecule has 0 bridgehead atoms. The van der Waals surface area contributed by atoms with Crippen LogP contribution < -0.4 is 11.1 Å². The van der Waals surface area contributed by atoms with Gasteiger partial charge in [0.15, 0.2) is 0 Å². The molecule has 104 valence electrons. The van der Waals surface area contributed by atoms with Crippen molar-refractivity contribution in [2.24, 2.45) is 5.73 Å². The van der Waals surface area contributed by atoms with Crippen LogP contribution in [0.25, 0.3) is 0 Å². The molecule has 0 saturated carbocycles. The van der Waals surface area contributed by atoms with E-state index >= 15 is 0 Å². The highest BCUT2D eigenvalue weighted by Gasteiger charge is 2.05. The molecular weight excluding hydrogens is 295 g/mol. The van der Waals surface area contributed by atoms with E-state index in [1.165, 1.54) is 11.6 Å². The molecule has 0 aromatic heterocycles. The number of nitrogens with one attached hydrogen (secondary N) is 1. The fourth-order valence-electron chi connectivity index (χ4n) is 1.83. The standard InChI is InChI=1S/C15H14ClFN2S/c16-11-3-1-10(2-4-11)7-8-19-12-5-6-13(15(18)20)14(17)9-12/h1-6,9,19H,7-8H2,(H2,18,20). The summed E-state index contributed by atoms with van der Waals surface area (Å²) in [5.41, 5.74) is 7.55. The highest BCUT2D eigenvalue weighted by atomic mass is 35.5. The molecule has 0 aliphatic heterocycles. The first-order valence-electron chi connectivity index (χ1n) is 6.14. The van der Waals surface area contributed by atoms with Gasteiger partial charge in [0.25, 0.3) is 0 Å². The van der Waals surface area contributed by atoms with Gasteiger partial charge in [-0.3, -0.25) is 0 Å². The van der Waals surface area contributed by atoms with Gasteiger partial charge in [0.2, 0.25) is 0 Å². The number of hydrogen-bond donors (Lipinski definition) is 2. The number of nitrogens with two attached hydrogens (primary N) is 1. The van der Waals surface area contributed by atoms with Crippen molar-refractivity contribution in [1.29, 1.82) is 0 Å². The van der Waals surface area contributed by atoms with Gasteiger partial charge in [-0.2, -0.15) is 0 Å². The molecule has 0 amide bonds. The van der Waals surface area contributed by atoms with E-state index in [4.69, 9.17) is 29.6 Å². The smallest absolute Gasteiger partial charge is 0.135 e. The van der Waals surface area contributed by atoms with Crippen molar-refractivity contribution >= 4 is 34.5 Å². The van der Waals surface area contributed by atoms with E-state index < -0.39 is 5.82 Å². The van der Waals surface area contributed by atoms with Crippen molar-refractivity contribution in [1.82, 2.24) is 0 Å². The third-order valence-corrected chi connectivity index (χ3v) is 3.36. The average Bonchev–Trinajstić information content (AvgIpc) is 2.41. The van der Waals surface area contributed by atoms with Crippen molar-refractivity contribution in [2.45, 2.75) is 6.42 Å². The Hall–Kier alpha value is -1.65. The first kappa shape index (κ1) is 14.8. The largest absolute Gasteiger partial charge is 0.389 e. The molecule has 3 N–H and O–H groups in total. The highest BCUT2D eigenvalue weighted by molar-refractivity contribution is 7.80. The summed E-state index contributed by atoms with van der Waals surface area (Å²) in [6, 6.07) is 12.4. The molecule has 5 heteroatoms. The van der Waals surface area contributed by atoms with E-state index in [2.05, 4.69) is 5.32 Å². The Kier molecular flexibility index (Phi) is 4.93. The summed E-state index contributed by atoms with van der Waals surface area (Å²) in [6.45, 7) is 0.702. The maximum atomic E-state index is 13.7. The summed E-state index contributed by atoms with van der Waals surface area (Å²) in [5, 5.41) is 3.88. The second-order valence-corrected chi connectivity index (χ2v) is 5.24. The Morgan fingerprint density at radius 3 is 2.50 bits per heavy atom. The lowest BCUT2D eigenvalue weighted by atomic mass is 10.1. The molecule has 0 saturated heterocycles. The summed E-state index contributed by atoms with van der Waals surface area (Å²) in [6.07, 6.45) is 0.829. The molecule has 0 atom stereocenters. The molecule has 0 heterocycles. The molecule has 2 rings (SSSR count). The van der Waals surface area contributed by atoms with Crippen molar-refractivity contribution < 1.29 is 4.39 Å². The first-order valence-corrected chi connectivity index (χ1v) is 6.92. The fraction of sp³-hybridized carbons (Fsp3) is 0.133. The Labute approximate surface area is 127 Å². The topological polar surface area (TPSA) is 38.0 Å². The zero-order valence-corrected chi connectivity index (χ0v) is 12.3. The molecule has 0 aliphatic rings. The zero-order chi connectivity index (χ0) is 14.5. The summed E-state index contributed by atoms with van der Waals surface area (Å²) >= 11 is 10.6. The number of halogens is 2. The molecule has 20 heavy (non-hydrogen) atoms. The van der Waals surface area contributed by atoms with Gasteiger partial charge in [0, 0.05) is 22.8 Å². The zero-order valence-electron chi connectivity index (χ0n) is 10.7. The Morgan fingerprint density at radius 1 is 1.20 bits per heavy atom. The van der Waals surface area contributed by atoms with Gasteiger partial charge in [-0.1, -0.05) is 36.0 Å². The summed E-state index contributed by atoms with van der Waals surface area (Å²) in [4.78, 5) is 0.0650. The fourth-order valence-corrected chi connectivity index (χ4v) is 2.12. The second kappa shape index (κ2) is 6.68. The minimum atomic E-state index is -0.408. The monoisotopic (exact) mass is 308 g/mol. The SMILES string of the molecule is NC(=S)c1ccc(NCCc2ccc(Cl)cc2)cc1F. The third-order valence-electron chi connectivity index (χ3n) is 2.89. The Bertz CT molecular complexity index is 614. The van der Waals surface area contributed by atoms with Gasteiger partial charge in [-0.05, 0) is 42.3 Å². The van der Waals surface area contributed by atoms with Crippen LogP contribution in [0, 0.1) is 5.82 Å². The van der Waals surface area contributed by atoms with E-state index in [0.717, 1.165) is 11.4 Å². The van der Waals surface area contributed by atoms with Gasteiger partial charge < -0.3 is 11.1 Å². The lowest BCUT2D eigenvalue weighted by molar-refractivity contribution is 0.626. The van der Waals surface area contributed by atoms with Crippen molar-refractivity contribution in [2.75, 3.05) is 11.9 Å². The number of thiocarbonyl (C=S) groups is 1. The minimum Gasteiger partial charge on any atom is -0.389 e. The second-order valence-electron chi connectivity index (χ2n) is 4.36. The van der Waals surface area contributed by atoms with E-state index in [9.17, 15) is 4.39 Å². The molecule has 0 aliphatic carbocycles. The predicted molar refractivity (Wildman–Crippen MR) is 85.9 cm³/mol. The summed E-state index contributed by atoms with van der Waals surface area (Å²) < 4.78 is 13.7. The number of anilines is 1. The third kappa shape index (κ3) is 3.92. The molecule has 0 radical (unpaired) electrons. The average molecular weight is 309 g/mol. The van der Waals surface area contributed by atoms with Crippen molar-refractivity contribution in [3.8, 4) is 0 Å². The first-order chi connectivity index (χ1) is 9.56. The highest BCUT2D eigenvalue weighted by Crippen LogP contribution is 2.15. The predicted octanol–water partition coefficient (Wildman–Crippen LogP) is 3.77. The van der Waals surface area contributed by atoms with Gasteiger partial charge in [0.05, 0.1) is 0 Å². The van der Waals surface area contributed by atoms with E-state index in [0.29, 0.717) is 12.2 Å². The molecule has 2 aromatic rings. The van der Waals surface area contributed by atoms with Crippen LogP contribution in [0.5, 0.6) is 0 Å². The van der Waals surface area contributed by atoms with Gasteiger partial charge in [0.1, 0.15) is 10.8 Å². The van der Waals surface area contributed by atoms with Crippen molar-refractivity contribution in [3.05, 3.63) is 64.4 Å². The van der Waals surface area contributed by atoms with Crippen LogP contribution in [0.1, 0.15) is 11.1 Å². The van der Waals surface area contributed by atoms with Crippen molar-refractivity contribution in [3.63, 3.8) is 0 Å². The van der Waals surface area contributed by atoms with Crippen LogP contribution in [-0.2, 0) is 6.42 Å². The van der Waals surface area contributed by atoms with Gasteiger partial charge in [-0.25, -0.2) is 4.39 Å². The quantitative estimate of drug-likeness (QED) is 0.826. The van der Waals surface area contributed by atoms with Crippen LogP contribution in [0.4, 0.5) is 10.1 Å². The van der Waals surface area contributed by atoms with Crippen LogP contribution in [0.2, 0.25) is 5.02 Å². The minimum absolute atomic E-state index is 0.0650. The van der Waals surface area contributed by atoms with Crippen LogP contribution in [0.3, 0.4) is 0 Å². The normalized spacial score (nSPS) is 10.3. The molecule has 0 spiro atoms. The maximum absolute atomic E-state index is 13.7. The van der Waals surface area contributed by atoms with E-state index in [1.54, 1.807) is 12.1 Å². The lowest BCUT2D eigenvalue weighted by Crippen LogP contribution is -2.12. The molecule has 2 nitrogen and oxygen atoms in total. The van der Waals surface area contributed by atoms with E-state index in [1.807, 2.05) is 24.3 Å². The number of rotatable bonds is 5. The maximum Gasteiger partial charge on any atom is 0.135 e. The Balaban J connectivity index is 1.92. The number of hydrogen-bond acceptors (Lipinski definition) is 2. The van der Waals surface area contributed by atoms with Crippen LogP contribution >= 0.6 is 23.8 Å². The summed E-state index contributed by atoms with van der Waals surface area (Å²) in [7, 11) is 0. The number of benzene rings is 2. The van der Waals surface area contributed by atoms with Gasteiger partial charge >= 0.3 is 0 Å². The molecule has 0 unspecified atom stereocenters. The molecular formula is C15H14ClFN2S. The van der Waals surface area contributed by atoms with E-state index in [-0.39, 0.29) is 10.6 Å². The lowest BCUT2D eigenvalue weighted by Gasteiger charge is -2.08. The molecule has 2 aromatic carbocycles. The van der Waals surface area contributed by atoms with Crippen LogP contribution in [0.15, 0.2) is 42.5 Å².